The lowest BCUT2D eigenvalue weighted by atomic mass is 10.0. The summed E-state index contributed by atoms with van der Waals surface area (Å²) in [6.45, 7) is 6.79. The van der Waals surface area contributed by atoms with Crippen LogP contribution in [-0.2, 0) is 4.74 Å². The number of nitrogen functional groups attached to an aromatic ring is 1. The second-order valence-corrected chi connectivity index (χ2v) is 5.29. The van der Waals surface area contributed by atoms with Crippen molar-refractivity contribution < 1.29 is 4.74 Å². The molecule has 20 heavy (non-hydrogen) atoms. The molecule has 108 valence electrons. The largest absolute Gasteiger partial charge is 0.398 e. The van der Waals surface area contributed by atoms with Gasteiger partial charge in [-0.2, -0.15) is 0 Å². The van der Waals surface area contributed by atoms with E-state index >= 15 is 0 Å². The zero-order chi connectivity index (χ0) is 14.7. The van der Waals surface area contributed by atoms with Crippen molar-refractivity contribution >= 4 is 5.69 Å². The molecule has 0 aliphatic rings. The summed E-state index contributed by atoms with van der Waals surface area (Å²) in [6.07, 6.45) is 0. The maximum Gasteiger partial charge on any atom is 0.182 e. The van der Waals surface area contributed by atoms with Crippen molar-refractivity contribution in [3.05, 3.63) is 23.8 Å². The smallest absolute Gasteiger partial charge is 0.182 e. The van der Waals surface area contributed by atoms with E-state index in [0.717, 1.165) is 16.8 Å². The first-order valence-corrected chi connectivity index (χ1v) is 6.68. The summed E-state index contributed by atoms with van der Waals surface area (Å²) in [5, 5.41) is 12.1. The van der Waals surface area contributed by atoms with Gasteiger partial charge >= 0.3 is 0 Å². The Morgan fingerprint density at radius 2 is 2.10 bits per heavy atom. The van der Waals surface area contributed by atoms with E-state index in [2.05, 4.69) is 29.4 Å². The van der Waals surface area contributed by atoms with Crippen LogP contribution in [0.25, 0.3) is 11.4 Å². The first-order valence-electron chi connectivity index (χ1n) is 6.68. The number of nitrogens with zero attached hydrogens (tertiary/aromatic N) is 4. The van der Waals surface area contributed by atoms with Crippen LogP contribution in [0.4, 0.5) is 5.69 Å². The number of hydrogen-bond donors (Lipinski definition) is 1. The highest BCUT2D eigenvalue weighted by Gasteiger charge is 2.21. The number of hydrogen-bond acceptors (Lipinski definition) is 5. The molecule has 0 bridgehead atoms. The van der Waals surface area contributed by atoms with Crippen LogP contribution in [0.1, 0.15) is 25.5 Å². The fraction of sp³-hybridized carbons (Fsp3) is 0.500. The van der Waals surface area contributed by atoms with Crippen molar-refractivity contribution in [1.82, 2.24) is 20.2 Å². The minimum absolute atomic E-state index is 0.0903. The van der Waals surface area contributed by atoms with E-state index in [-0.39, 0.29) is 6.04 Å². The monoisotopic (exact) mass is 275 g/mol. The predicted molar refractivity (Wildman–Crippen MR) is 78.2 cm³/mol. The van der Waals surface area contributed by atoms with E-state index < -0.39 is 0 Å². The Labute approximate surface area is 118 Å². The number of benzene rings is 1. The lowest BCUT2D eigenvalue weighted by Gasteiger charge is -2.21. The van der Waals surface area contributed by atoms with Gasteiger partial charge in [0.2, 0.25) is 0 Å². The molecule has 1 atom stereocenters. The van der Waals surface area contributed by atoms with Gasteiger partial charge in [-0.15, -0.1) is 5.10 Å². The molecule has 2 N–H and O–H groups in total. The molecule has 1 heterocycles. The van der Waals surface area contributed by atoms with Crippen LogP contribution < -0.4 is 5.73 Å². The van der Waals surface area contributed by atoms with Gasteiger partial charge in [-0.05, 0) is 34.9 Å². The van der Waals surface area contributed by atoms with Crippen LogP contribution in [0.15, 0.2) is 18.2 Å². The summed E-state index contributed by atoms with van der Waals surface area (Å²) in [5.74, 6) is 1.08. The van der Waals surface area contributed by atoms with Crippen molar-refractivity contribution in [3.8, 4) is 11.4 Å². The topological polar surface area (TPSA) is 78.8 Å². The number of rotatable bonds is 5. The van der Waals surface area contributed by atoms with Gasteiger partial charge in [0.25, 0.3) is 0 Å². The Kier molecular flexibility index (Phi) is 4.34. The molecule has 0 aliphatic carbocycles. The molecular formula is C14H21N5O. The van der Waals surface area contributed by atoms with Gasteiger partial charge in [-0.1, -0.05) is 26.0 Å². The molecule has 0 aliphatic heterocycles. The minimum Gasteiger partial charge on any atom is -0.398 e. The van der Waals surface area contributed by atoms with E-state index in [1.54, 1.807) is 7.11 Å². The van der Waals surface area contributed by atoms with Gasteiger partial charge in [-0.3, -0.25) is 0 Å². The number of ether oxygens (including phenoxy) is 1. The van der Waals surface area contributed by atoms with Crippen molar-refractivity contribution in [1.29, 1.82) is 0 Å². The van der Waals surface area contributed by atoms with E-state index in [1.165, 1.54) is 0 Å². The highest BCUT2D eigenvalue weighted by atomic mass is 16.5. The number of methoxy groups -OCH3 is 1. The molecule has 0 radical (unpaired) electrons. The quantitative estimate of drug-likeness (QED) is 0.845. The molecule has 1 aromatic heterocycles. The Morgan fingerprint density at radius 3 is 2.70 bits per heavy atom. The summed E-state index contributed by atoms with van der Waals surface area (Å²) in [5.41, 5.74) is 8.67. The van der Waals surface area contributed by atoms with Crippen LogP contribution in [0.2, 0.25) is 0 Å². The molecule has 6 heteroatoms. The van der Waals surface area contributed by atoms with E-state index in [0.29, 0.717) is 18.3 Å². The number of aromatic nitrogens is 4. The average molecular weight is 275 g/mol. The van der Waals surface area contributed by atoms with Gasteiger partial charge in [0, 0.05) is 18.4 Å². The Hall–Kier alpha value is -1.95. The molecule has 2 aromatic rings. The van der Waals surface area contributed by atoms with Gasteiger partial charge in [0.05, 0.1) is 12.6 Å². The van der Waals surface area contributed by atoms with Crippen LogP contribution in [0.5, 0.6) is 0 Å². The molecule has 0 amide bonds. The third-order valence-electron chi connectivity index (χ3n) is 3.45. The molecule has 1 unspecified atom stereocenters. The Balaban J connectivity index is 2.43. The van der Waals surface area contributed by atoms with Gasteiger partial charge in [-0.25, -0.2) is 4.68 Å². The maximum absolute atomic E-state index is 5.97. The van der Waals surface area contributed by atoms with Crippen molar-refractivity contribution in [2.45, 2.75) is 26.8 Å². The number of nitrogens with two attached hydrogens (primary N) is 1. The van der Waals surface area contributed by atoms with Crippen LogP contribution in [0.3, 0.4) is 0 Å². The zero-order valence-electron chi connectivity index (χ0n) is 12.4. The molecule has 1 aromatic carbocycles. The summed E-state index contributed by atoms with van der Waals surface area (Å²) in [6, 6.07) is 5.96. The second-order valence-electron chi connectivity index (χ2n) is 5.29. The first-order chi connectivity index (χ1) is 9.54. The highest BCUT2D eigenvalue weighted by Crippen LogP contribution is 2.26. The van der Waals surface area contributed by atoms with Gasteiger partial charge in [0.15, 0.2) is 5.82 Å². The van der Waals surface area contributed by atoms with Crippen molar-refractivity contribution in [2.24, 2.45) is 5.92 Å². The van der Waals surface area contributed by atoms with Gasteiger partial charge < -0.3 is 10.5 Å². The highest BCUT2D eigenvalue weighted by molar-refractivity contribution is 5.63. The summed E-state index contributed by atoms with van der Waals surface area (Å²) < 4.78 is 7.10. The fourth-order valence-electron chi connectivity index (χ4n) is 2.10. The van der Waals surface area contributed by atoms with Crippen molar-refractivity contribution in [2.75, 3.05) is 19.5 Å². The second kappa shape index (κ2) is 6.00. The average Bonchev–Trinajstić information content (AvgIpc) is 2.87. The van der Waals surface area contributed by atoms with E-state index in [9.17, 15) is 0 Å². The van der Waals surface area contributed by atoms with Crippen molar-refractivity contribution in [3.63, 3.8) is 0 Å². The normalized spacial score (nSPS) is 12.8. The van der Waals surface area contributed by atoms with Crippen LogP contribution >= 0.6 is 0 Å². The zero-order valence-corrected chi connectivity index (χ0v) is 12.4. The van der Waals surface area contributed by atoms with Gasteiger partial charge in [0.1, 0.15) is 0 Å². The third-order valence-corrected chi connectivity index (χ3v) is 3.45. The molecule has 0 saturated carbocycles. The SMILES string of the molecule is COCC(C(C)C)n1nnnc1-c1ccc(C)c(N)c1. The third kappa shape index (κ3) is 2.80. The number of tetrazole rings is 1. The molecule has 0 saturated heterocycles. The Bertz CT molecular complexity index is 579. The lowest BCUT2D eigenvalue weighted by molar-refractivity contribution is 0.126. The molecular weight excluding hydrogens is 254 g/mol. The van der Waals surface area contributed by atoms with Crippen LogP contribution in [-0.4, -0.2) is 33.9 Å². The standard InChI is InChI=1S/C14H21N5O/c1-9(2)13(8-20-4)19-14(16-17-18-19)11-6-5-10(3)12(15)7-11/h5-7,9,13H,8,15H2,1-4H3. The first kappa shape index (κ1) is 14.5. The number of aryl methyl sites for hydroxylation is 1. The molecule has 6 nitrogen and oxygen atoms in total. The van der Waals surface area contributed by atoms with Crippen LogP contribution in [0, 0.1) is 12.8 Å². The Morgan fingerprint density at radius 1 is 1.35 bits per heavy atom. The predicted octanol–water partition coefficient (Wildman–Crippen LogP) is 2.07. The maximum atomic E-state index is 5.97. The molecule has 0 spiro atoms. The molecule has 2 rings (SSSR count). The van der Waals surface area contributed by atoms with E-state index in [1.807, 2.05) is 29.8 Å². The van der Waals surface area contributed by atoms with E-state index in [4.69, 9.17) is 10.5 Å². The minimum atomic E-state index is 0.0903. The summed E-state index contributed by atoms with van der Waals surface area (Å²) >= 11 is 0. The molecule has 0 fully saturated rings. The lowest BCUT2D eigenvalue weighted by Crippen LogP contribution is -2.22. The fourth-order valence-corrected chi connectivity index (χ4v) is 2.10. The summed E-state index contributed by atoms with van der Waals surface area (Å²) in [7, 11) is 1.68. The summed E-state index contributed by atoms with van der Waals surface area (Å²) in [4.78, 5) is 0. The number of anilines is 1.